The number of ether oxygens (including phenoxy) is 1. The summed E-state index contributed by atoms with van der Waals surface area (Å²) < 4.78 is 41.1. The summed E-state index contributed by atoms with van der Waals surface area (Å²) in [6.45, 7) is -0.330. The molecule has 1 rings (SSSR count). The van der Waals surface area contributed by atoms with Gasteiger partial charge in [-0.1, -0.05) is 11.8 Å². The minimum Gasteiger partial charge on any atom is -0.495 e. The first-order valence-electron chi connectivity index (χ1n) is 6.09. The van der Waals surface area contributed by atoms with Gasteiger partial charge in [-0.2, -0.15) is 13.2 Å². The molecule has 114 valence electrons. The fourth-order valence-electron chi connectivity index (χ4n) is 1.51. The first-order valence-corrected chi connectivity index (χ1v) is 6.09. The predicted octanol–water partition coefficient (Wildman–Crippen LogP) is 1.69. The summed E-state index contributed by atoms with van der Waals surface area (Å²) in [5.41, 5.74) is 5.93. The number of halogens is 3. The van der Waals surface area contributed by atoms with Gasteiger partial charge in [0.1, 0.15) is 5.75 Å². The molecule has 0 aliphatic rings. The lowest BCUT2D eigenvalue weighted by atomic mass is 10.1. The topological polar surface area (TPSA) is 64.3 Å². The summed E-state index contributed by atoms with van der Waals surface area (Å²) in [5, 5.41) is 2.20. The third kappa shape index (κ3) is 5.75. The maximum absolute atomic E-state index is 12.0. The van der Waals surface area contributed by atoms with Gasteiger partial charge in [-0.3, -0.25) is 4.79 Å². The van der Waals surface area contributed by atoms with E-state index in [9.17, 15) is 18.0 Å². The van der Waals surface area contributed by atoms with E-state index in [0.717, 1.165) is 0 Å². The molecule has 0 bridgehead atoms. The van der Waals surface area contributed by atoms with Crippen LogP contribution in [-0.2, 0) is 0 Å². The SMILES string of the molecule is COc1ccc(C(=O)NCCC(F)(F)F)cc1C#CCN. The van der Waals surface area contributed by atoms with E-state index >= 15 is 0 Å². The van der Waals surface area contributed by atoms with Crippen LogP contribution < -0.4 is 15.8 Å². The number of rotatable bonds is 4. The lowest BCUT2D eigenvalue weighted by Gasteiger charge is -2.09. The molecule has 0 fully saturated rings. The lowest BCUT2D eigenvalue weighted by molar-refractivity contribution is -0.132. The smallest absolute Gasteiger partial charge is 0.390 e. The molecule has 0 saturated carbocycles. The quantitative estimate of drug-likeness (QED) is 0.832. The van der Waals surface area contributed by atoms with Gasteiger partial charge in [0.2, 0.25) is 0 Å². The van der Waals surface area contributed by atoms with Crippen LogP contribution in [0.5, 0.6) is 5.75 Å². The molecule has 0 aliphatic heterocycles. The van der Waals surface area contributed by atoms with E-state index < -0.39 is 25.0 Å². The molecule has 0 radical (unpaired) electrons. The Hall–Kier alpha value is -2.20. The summed E-state index contributed by atoms with van der Waals surface area (Å²) in [6.07, 6.45) is -5.38. The van der Waals surface area contributed by atoms with E-state index in [2.05, 4.69) is 17.2 Å². The van der Waals surface area contributed by atoms with Gasteiger partial charge in [0, 0.05) is 12.1 Å². The Labute approximate surface area is 120 Å². The van der Waals surface area contributed by atoms with Crippen LogP contribution in [0.3, 0.4) is 0 Å². The van der Waals surface area contributed by atoms with Crippen LogP contribution >= 0.6 is 0 Å². The van der Waals surface area contributed by atoms with Gasteiger partial charge in [0.25, 0.3) is 5.91 Å². The zero-order valence-electron chi connectivity index (χ0n) is 11.4. The first-order chi connectivity index (χ1) is 9.87. The molecular weight excluding hydrogens is 285 g/mol. The minimum atomic E-state index is -4.30. The molecule has 0 spiro atoms. The second kappa shape index (κ2) is 7.55. The van der Waals surface area contributed by atoms with Crippen molar-refractivity contribution < 1.29 is 22.7 Å². The minimum absolute atomic E-state index is 0.144. The molecule has 1 aromatic rings. The van der Waals surface area contributed by atoms with Crippen molar-refractivity contribution >= 4 is 5.91 Å². The van der Waals surface area contributed by atoms with Crippen molar-refractivity contribution in [3.05, 3.63) is 29.3 Å². The van der Waals surface area contributed by atoms with E-state index in [4.69, 9.17) is 10.5 Å². The largest absolute Gasteiger partial charge is 0.495 e. The number of benzene rings is 1. The zero-order chi connectivity index (χ0) is 15.9. The molecule has 0 aromatic heterocycles. The summed E-state index contributed by atoms with van der Waals surface area (Å²) in [5.74, 6) is 5.23. The van der Waals surface area contributed by atoms with Crippen LogP contribution in [0.2, 0.25) is 0 Å². The Morgan fingerprint density at radius 1 is 1.43 bits per heavy atom. The van der Waals surface area contributed by atoms with Gasteiger partial charge in [0.05, 0.1) is 25.6 Å². The third-order valence-electron chi connectivity index (χ3n) is 2.48. The van der Waals surface area contributed by atoms with Crippen LogP contribution in [0.25, 0.3) is 0 Å². The highest BCUT2D eigenvalue weighted by Crippen LogP contribution is 2.20. The number of carbonyl (C=O) groups is 1. The van der Waals surface area contributed by atoms with Crippen LogP contribution in [0, 0.1) is 11.8 Å². The maximum Gasteiger partial charge on any atom is 0.390 e. The number of methoxy groups -OCH3 is 1. The Bertz CT molecular complexity index is 560. The van der Waals surface area contributed by atoms with Gasteiger partial charge >= 0.3 is 6.18 Å². The molecule has 21 heavy (non-hydrogen) atoms. The van der Waals surface area contributed by atoms with E-state index in [-0.39, 0.29) is 12.1 Å². The Morgan fingerprint density at radius 2 is 2.14 bits per heavy atom. The van der Waals surface area contributed by atoms with Crippen molar-refractivity contribution in [1.29, 1.82) is 0 Å². The van der Waals surface area contributed by atoms with E-state index in [1.165, 1.54) is 25.3 Å². The van der Waals surface area contributed by atoms with E-state index in [1.54, 1.807) is 0 Å². The highest BCUT2D eigenvalue weighted by atomic mass is 19.4. The van der Waals surface area contributed by atoms with Crippen LogP contribution in [0.15, 0.2) is 18.2 Å². The van der Waals surface area contributed by atoms with E-state index in [0.29, 0.717) is 11.3 Å². The molecule has 0 saturated heterocycles. The van der Waals surface area contributed by atoms with Gasteiger partial charge in [-0.15, -0.1) is 0 Å². The van der Waals surface area contributed by atoms with Gasteiger partial charge < -0.3 is 15.8 Å². The molecule has 3 N–H and O–H groups in total. The highest BCUT2D eigenvalue weighted by Gasteiger charge is 2.26. The summed E-state index contributed by atoms with van der Waals surface area (Å²) in [4.78, 5) is 11.8. The molecule has 1 amide bonds. The highest BCUT2D eigenvalue weighted by molar-refractivity contribution is 5.94. The van der Waals surface area contributed by atoms with Crippen LogP contribution in [0.4, 0.5) is 13.2 Å². The summed E-state index contributed by atoms with van der Waals surface area (Å²) in [6, 6.07) is 4.43. The number of nitrogens with one attached hydrogen (secondary N) is 1. The van der Waals surface area contributed by atoms with Crippen molar-refractivity contribution in [1.82, 2.24) is 5.32 Å². The zero-order valence-corrected chi connectivity index (χ0v) is 11.4. The van der Waals surface area contributed by atoms with Crippen LogP contribution in [0.1, 0.15) is 22.3 Å². The molecule has 0 atom stereocenters. The van der Waals surface area contributed by atoms with Crippen molar-refractivity contribution in [3.8, 4) is 17.6 Å². The average molecular weight is 300 g/mol. The van der Waals surface area contributed by atoms with Crippen molar-refractivity contribution in [2.24, 2.45) is 5.73 Å². The average Bonchev–Trinajstić information content (AvgIpc) is 2.43. The molecule has 7 heteroatoms. The second-order valence-corrected chi connectivity index (χ2v) is 4.04. The number of alkyl halides is 3. The molecule has 1 aromatic carbocycles. The Kier molecular flexibility index (Phi) is 6.06. The van der Waals surface area contributed by atoms with Crippen LogP contribution in [-0.4, -0.2) is 32.3 Å². The predicted molar refractivity (Wildman–Crippen MR) is 71.9 cm³/mol. The number of hydrogen-bond donors (Lipinski definition) is 2. The number of amides is 1. The number of hydrogen-bond acceptors (Lipinski definition) is 3. The van der Waals surface area contributed by atoms with Crippen molar-refractivity contribution in [3.63, 3.8) is 0 Å². The fourth-order valence-corrected chi connectivity index (χ4v) is 1.51. The molecule has 0 unspecified atom stereocenters. The lowest BCUT2D eigenvalue weighted by Crippen LogP contribution is -2.27. The normalized spacial score (nSPS) is 10.5. The number of carbonyl (C=O) groups excluding carboxylic acids is 1. The number of nitrogens with two attached hydrogens (primary N) is 1. The standard InChI is InChI=1S/C14H15F3N2O2/c1-21-12-5-4-11(9-10(12)3-2-7-18)13(20)19-8-6-14(15,16)17/h4-5,9H,6-8,18H2,1H3,(H,19,20). The Balaban J connectivity index is 2.81. The maximum atomic E-state index is 12.0. The second-order valence-electron chi connectivity index (χ2n) is 4.04. The molecule has 4 nitrogen and oxygen atoms in total. The molecular formula is C14H15F3N2O2. The van der Waals surface area contributed by atoms with E-state index in [1.807, 2.05) is 0 Å². The third-order valence-corrected chi connectivity index (χ3v) is 2.48. The van der Waals surface area contributed by atoms with Gasteiger partial charge in [-0.05, 0) is 18.2 Å². The van der Waals surface area contributed by atoms with Crippen molar-refractivity contribution in [2.45, 2.75) is 12.6 Å². The summed E-state index contributed by atoms with van der Waals surface area (Å²) >= 11 is 0. The molecule has 0 heterocycles. The molecule has 0 aliphatic carbocycles. The monoisotopic (exact) mass is 300 g/mol. The Morgan fingerprint density at radius 3 is 2.71 bits per heavy atom. The van der Waals surface area contributed by atoms with Gasteiger partial charge in [-0.25, -0.2) is 0 Å². The van der Waals surface area contributed by atoms with Crippen molar-refractivity contribution in [2.75, 3.05) is 20.2 Å². The fraction of sp³-hybridized carbons (Fsp3) is 0.357. The summed E-state index contributed by atoms with van der Waals surface area (Å²) in [7, 11) is 1.45. The van der Waals surface area contributed by atoms with Gasteiger partial charge in [0.15, 0.2) is 0 Å². The first kappa shape index (κ1) is 16.9.